The summed E-state index contributed by atoms with van der Waals surface area (Å²) in [5, 5.41) is 11.6. The topological polar surface area (TPSA) is 56.1 Å². The zero-order valence-corrected chi connectivity index (χ0v) is 12.0. The van der Waals surface area contributed by atoms with Crippen molar-refractivity contribution in [1.82, 2.24) is 4.90 Å². The maximum absolute atomic E-state index is 12.6. The summed E-state index contributed by atoms with van der Waals surface area (Å²) in [5.74, 6) is -0.214. The van der Waals surface area contributed by atoms with Gasteiger partial charge in [-0.25, -0.2) is 0 Å². The van der Waals surface area contributed by atoms with E-state index in [1.54, 1.807) is 13.1 Å². The van der Waals surface area contributed by atoms with E-state index in [1.165, 1.54) is 4.90 Å². The minimum Gasteiger partial charge on any atom is -0.375 e. The fourth-order valence-corrected chi connectivity index (χ4v) is 1.55. The second-order valence-corrected chi connectivity index (χ2v) is 4.82. The van der Waals surface area contributed by atoms with Crippen LogP contribution in [-0.4, -0.2) is 30.4 Å². The van der Waals surface area contributed by atoms with Gasteiger partial charge in [-0.1, -0.05) is 0 Å². The Morgan fingerprint density at radius 1 is 1.43 bits per heavy atom. The number of benzene rings is 1. The van der Waals surface area contributed by atoms with Gasteiger partial charge in [0.2, 0.25) is 5.91 Å². The lowest BCUT2D eigenvalue weighted by Crippen LogP contribution is -2.37. The Bertz CT molecular complexity index is 562. The molecule has 0 spiro atoms. The monoisotopic (exact) mass is 299 g/mol. The van der Waals surface area contributed by atoms with E-state index in [-0.39, 0.29) is 29.7 Å². The normalized spacial score (nSPS) is 11.1. The largest absolute Gasteiger partial charge is 0.416 e. The van der Waals surface area contributed by atoms with Crippen LogP contribution in [-0.2, 0) is 11.0 Å². The molecule has 0 aliphatic heterocycles. The molecule has 1 aromatic carbocycles. The molecule has 1 rings (SSSR count). The molecule has 0 aliphatic rings. The highest BCUT2D eigenvalue weighted by Gasteiger charge is 2.31. The number of nitriles is 1. The van der Waals surface area contributed by atoms with Gasteiger partial charge in [-0.3, -0.25) is 4.79 Å². The molecule has 0 bridgehead atoms. The number of nitrogens with zero attached hydrogens (tertiary/aromatic N) is 2. The van der Waals surface area contributed by atoms with E-state index < -0.39 is 11.7 Å². The number of nitrogens with one attached hydrogen (secondary N) is 1. The first kappa shape index (κ1) is 16.8. The summed E-state index contributed by atoms with van der Waals surface area (Å²) in [6.07, 6.45) is -4.50. The number of likely N-dealkylation sites (N-methyl/N-ethyl adjacent to an activating group) is 1. The lowest BCUT2D eigenvalue weighted by atomic mass is 10.1. The number of rotatable bonds is 4. The zero-order chi connectivity index (χ0) is 16.2. The molecule has 1 amide bonds. The van der Waals surface area contributed by atoms with Gasteiger partial charge in [0.15, 0.2) is 0 Å². The summed E-state index contributed by atoms with van der Waals surface area (Å²) in [5.41, 5.74) is -0.837. The summed E-state index contributed by atoms with van der Waals surface area (Å²) in [4.78, 5) is 13.3. The second-order valence-electron chi connectivity index (χ2n) is 4.82. The summed E-state index contributed by atoms with van der Waals surface area (Å²) in [6.45, 7) is 3.60. The predicted octanol–water partition coefficient (Wildman–Crippen LogP) is 2.86. The molecule has 4 nitrogen and oxygen atoms in total. The Hall–Kier alpha value is -2.23. The molecule has 0 atom stereocenters. The van der Waals surface area contributed by atoms with Gasteiger partial charge in [-0.2, -0.15) is 18.4 Å². The number of carbonyl (C=O) groups excluding carboxylic acids is 1. The lowest BCUT2D eigenvalue weighted by molar-refractivity contribution is -0.137. The van der Waals surface area contributed by atoms with E-state index in [0.29, 0.717) is 0 Å². The van der Waals surface area contributed by atoms with Crippen molar-refractivity contribution >= 4 is 11.6 Å². The summed E-state index contributed by atoms with van der Waals surface area (Å²) >= 11 is 0. The Morgan fingerprint density at radius 3 is 2.52 bits per heavy atom. The molecule has 7 heteroatoms. The van der Waals surface area contributed by atoms with Crippen LogP contribution in [0.15, 0.2) is 18.2 Å². The summed E-state index contributed by atoms with van der Waals surface area (Å²) < 4.78 is 37.7. The van der Waals surface area contributed by atoms with E-state index in [9.17, 15) is 18.0 Å². The van der Waals surface area contributed by atoms with Crippen molar-refractivity contribution < 1.29 is 18.0 Å². The third-order valence-electron chi connectivity index (χ3n) is 3.07. The van der Waals surface area contributed by atoms with Gasteiger partial charge in [0.1, 0.15) is 6.07 Å². The molecule has 0 saturated carbocycles. The van der Waals surface area contributed by atoms with Crippen molar-refractivity contribution in [3.63, 3.8) is 0 Å². The van der Waals surface area contributed by atoms with Gasteiger partial charge < -0.3 is 10.2 Å². The second kappa shape index (κ2) is 6.48. The molecule has 1 aromatic rings. The number of hydrogen-bond donors (Lipinski definition) is 1. The average Bonchev–Trinajstić information content (AvgIpc) is 2.42. The van der Waals surface area contributed by atoms with Crippen LogP contribution in [0, 0.1) is 11.3 Å². The smallest absolute Gasteiger partial charge is 0.375 e. The van der Waals surface area contributed by atoms with Crippen molar-refractivity contribution in [1.29, 1.82) is 5.26 Å². The van der Waals surface area contributed by atoms with E-state index >= 15 is 0 Å². The first-order valence-electron chi connectivity index (χ1n) is 6.27. The first-order chi connectivity index (χ1) is 9.66. The molecule has 0 heterocycles. The first-order valence-corrected chi connectivity index (χ1v) is 6.27. The van der Waals surface area contributed by atoms with Crippen LogP contribution in [0.5, 0.6) is 0 Å². The van der Waals surface area contributed by atoms with Crippen molar-refractivity contribution in [2.75, 3.05) is 18.9 Å². The average molecular weight is 299 g/mol. The number of carbonyl (C=O) groups is 1. The van der Waals surface area contributed by atoms with Crippen LogP contribution in [0.2, 0.25) is 0 Å². The third-order valence-corrected chi connectivity index (χ3v) is 3.07. The molecule has 0 radical (unpaired) electrons. The minimum atomic E-state index is -4.50. The van der Waals surface area contributed by atoms with Gasteiger partial charge in [0.05, 0.1) is 23.4 Å². The SMILES string of the molecule is CC(C)N(C)C(=O)CNc1ccc(C(F)(F)F)cc1C#N. The molecule has 0 aliphatic carbocycles. The summed E-state index contributed by atoms with van der Waals surface area (Å²) in [6, 6.07) is 4.51. The zero-order valence-electron chi connectivity index (χ0n) is 12.0. The van der Waals surface area contributed by atoms with Gasteiger partial charge in [0, 0.05) is 13.1 Å². The number of alkyl halides is 3. The van der Waals surface area contributed by atoms with Crippen molar-refractivity contribution in [3.05, 3.63) is 29.3 Å². The summed E-state index contributed by atoms with van der Waals surface area (Å²) in [7, 11) is 1.63. The quantitative estimate of drug-likeness (QED) is 0.930. The fraction of sp³-hybridized carbons (Fsp3) is 0.429. The highest BCUT2D eigenvalue weighted by atomic mass is 19.4. The molecular weight excluding hydrogens is 283 g/mol. The van der Waals surface area contributed by atoms with E-state index in [4.69, 9.17) is 5.26 Å². The molecule has 0 aromatic heterocycles. The Labute approximate surface area is 121 Å². The standard InChI is InChI=1S/C14H16F3N3O/c1-9(2)20(3)13(21)8-19-12-5-4-11(14(15,16)17)6-10(12)7-18/h4-6,9,19H,8H2,1-3H3. The van der Waals surface area contributed by atoms with Crippen LogP contribution in [0.25, 0.3) is 0 Å². The predicted molar refractivity (Wildman–Crippen MR) is 72.6 cm³/mol. The highest BCUT2D eigenvalue weighted by Crippen LogP contribution is 2.31. The third kappa shape index (κ3) is 4.38. The van der Waals surface area contributed by atoms with Gasteiger partial charge in [0.25, 0.3) is 0 Å². The number of hydrogen-bond acceptors (Lipinski definition) is 3. The Morgan fingerprint density at radius 2 is 2.05 bits per heavy atom. The van der Waals surface area contributed by atoms with Crippen LogP contribution >= 0.6 is 0 Å². The Kier molecular flexibility index (Phi) is 5.19. The van der Waals surface area contributed by atoms with Crippen LogP contribution < -0.4 is 5.32 Å². The minimum absolute atomic E-state index is 0.0161. The molecule has 0 fully saturated rings. The van der Waals surface area contributed by atoms with Gasteiger partial charge >= 0.3 is 6.18 Å². The van der Waals surface area contributed by atoms with E-state index in [1.807, 2.05) is 13.8 Å². The van der Waals surface area contributed by atoms with Crippen LogP contribution in [0.3, 0.4) is 0 Å². The maximum Gasteiger partial charge on any atom is 0.416 e. The lowest BCUT2D eigenvalue weighted by Gasteiger charge is -2.22. The van der Waals surface area contributed by atoms with E-state index in [2.05, 4.69) is 5.32 Å². The van der Waals surface area contributed by atoms with Gasteiger partial charge in [-0.15, -0.1) is 0 Å². The number of anilines is 1. The highest BCUT2D eigenvalue weighted by molar-refractivity contribution is 5.81. The Balaban J connectivity index is 2.86. The molecule has 21 heavy (non-hydrogen) atoms. The van der Waals surface area contributed by atoms with E-state index in [0.717, 1.165) is 18.2 Å². The molecule has 1 N–H and O–H groups in total. The number of amides is 1. The molecule has 0 saturated heterocycles. The maximum atomic E-state index is 12.6. The fourth-order valence-electron chi connectivity index (χ4n) is 1.55. The molecule has 114 valence electrons. The van der Waals surface area contributed by atoms with Crippen molar-refractivity contribution in [2.45, 2.75) is 26.1 Å². The number of halogens is 3. The van der Waals surface area contributed by atoms with Gasteiger partial charge in [-0.05, 0) is 32.0 Å². The van der Waals surface area contributed by atoms with Crippen LogP contribution in [0.1, 0.15) is 25.0 Å². The van der Waals surface area contributed by atoms with Crippen molar-refractivity contribution in [2.24, 2.45) is 0 Å². The molecule has 0 unspecified atom stereocenters. The molecular formula is C14H16F3N3O. The van der Waals surface area contributed by atoms with Crippen LogP contribution in [0.4, 0.5) is 18.9 Å². The van der Waals surface area contributed by atoms with Crippen molar-refractivity contribution in [3.8, 4) is 6.07 Å².